The van der Waals surface area contributed by atoms with Crippen LogP contribution in [0.15, 0.2) is 42.5 Å². The summed E-state index contributed by atoms with van der Waals surface area (Å²) in [6.07, 6.45) is -0.967. The summed E-state index contributed by atoms with van der Waals surface area (Å²) >= 11 is 0. The van der Waals surface area contributed by atoms with E-state index in [1.165, 1.54) is 0 Å². The average Bonchev–Trinajstić information content (AvgIpc) is 2.55. The Labute approximate surface area is 138 Å². The van der Waals surface area contributed by atoms with Gasteiger partial charge in [0.05, 0.1) is 7.11 Å². The molecule has 124 valence electrons. The second-order valence-electron chi connectivity index (χ2n) is 5.30. The van der Waals surface area contributed by atoms with Crippen molar-refractivity contribution in [1.82, 2.24) is 5.32 Å². The first-order chi connectivity index (χ1) is 11.5. The SMILES string of the molecule is COc1cccc(Oc2ccc3c(c2)C[C@@H](NC(=O)O)C(=O)N3)c1. The van der Waals surface area contributed by atoms with Crippen molar-refractivity contribution in [2.45, 2.75) is 12.5 Å². The summed E-state index contributed by atoms with van der Waals surface area (Å²) in [7, 11) is 1.58. The quantitative estimate of drug-likeness (QED) is 0.801. The van der Waals surface area contributed by atoms with Gasteiger partial charge in [-0.25, -0.2) is 4.79 Å². The molecule has 1 atom stereocenters. The maximum atomic E-state index is 11.9. The Morgan fingerprint density at radius 1 is 1.21 bits per heavy atom. The lowest BCUT2D eigenvalue weighted by atomic mass is 9.99. The Morgan fingerprint density at radius 2 is 1.96 bits per heavy atom. The van der Waals surface area contributed by atoms with Gasteiger partial charge in [0.25, 0.3) is 0 Å². The zero-order valence-corrected chi connectivity index (χ0v) is 12.9. The number of amides is 2. The summed E-state index contributed by atoms with van der Waals surface area (Å²) in [5.41, 5.74) is 1.45. The van der Waals surface area contributed by atoms with Crippen LogP contribution in [0.3, 0.4) is 0 Å². The van der Waals surface area contributed by atoms with E-state index >= 15 is 0 Å². The largest absolute Gasteiger partial charge is 0.497 e. The van der Waals surface area contributed by atoms with Gasteiger partial charge in [0, 0.05) is 18.2 Å². The fourth-order valence-corrected chi connectivity index (χ4v) is 2.52. The molecule has 24 heavy (non-hydrogen) atoms. The molecule has 3 N–H and O–H groups in total. The molecule has 1 aliphatic heterocycles. The van der Waals surface area contributed by atoms with E-state index < -0.39 is 12.1 Å². The number of ether oxygens (including phenoxy) is 2. The summed E-state index contributed by atoms with van der Waals surface area (Å²) in [6, 6.07) is 11.6. The first-order valence-corrected chi connectivity index (χ1v) is 7.30. The molecule has 2 amide bonds. The van der Waals surface area contributed by atoms with E-state index in [0.717, 1.165) is 5.56 Å². The molecule has 7 heteroatoms. The number of carbonyl (C=O) groups is 2. The van der Waals surface area contributed by atoms with Crippen LogP contribution in [0.2, 0.25) is 0 Å². The highest BCUT2D eigenvalue weighted by atomic mass is 16.5. The zero-order chi connectivity index (χ0) is 17.1. The van der Waals surface area contributed by atoms with Crippen LogP contribution in [0, 0.1) is 0 Å². The van der Waals surface area contributed by atoms with Crippen LogP contribution in [0.5, 0.6) is 17.2 Å². The van der Waals surface area contributed by atoms with Crippen molar-refractivity contribution in [3.05, 3.63) is 48.0 Å². The lowest BCUT2D eigenvalue weighted by molar-refractivity contribution is -0.118. The van der Waals surface area contributed by atoms with Gasteiger partial charge in [0.2, 0.25) is 5.91 Å². The maximum Gasteiger partial charge on any atom is 0.405 e. The van der Waals surface area contributed by atoms with E-state index in [2.05, 4.69) is 10.6 Å². The van der Waals surface area contributed by atoms with Gasteiger partial charge in [-0.2, -0.15) is 0 Å². The Morgan fingerprint density at radius 3 is 2.71 bits per heavy atom. The molecule has 0 bridgehead atoms. The Kier molecular flexibility index (Phi) is 4.24. The molecule has 0 spiro atoms. The Bertz CT molecular complexity index is 790. The third-order valence-corrected chi connectivity index (χ3v) is 3.65. The fraction of sp³-hybridized carbons (Fsp3) is 0.176. The van der Waals surface area contributed by atoms with Crippen molar-refractivity contribution in [2.24, 2.45) is 0 Å². The molecule has 0 unspecified atom stereocenters. The van der Waals surface area contributed by atoms with Crippen molar-refractivity contribution in [3.8, 4) is 17.2 Å². The van der Waals surface area contributed by atoms with Gasteiger partial charge in [-0.3, -0.25) is 4.79 Å². The minimum atomic E-state index is -1.23. The molecule has 3 rings (SSSR count). The Hall–Kier alpha value is -3.22. The van der Waals surface area contributed by atoms with E-state index in [1.807, 2.05) is 12.1 Å². The molecule has 0 saturated carbocycles. The number of nitrogens with one attached hydrogen (secondary N) is 2. The lowest BCUT2D eigenvalue weighted by Crippen LogP contribution is -2.47. The summed E-state index contributed by atoms with van der Waals surface area (Å²) in [5.74, 6) is 1.52. The predicted octanol–water partition coefficient (Wildman–Crippen LogP) is 2.62. The highest BCUT2D eigenvalue weighted by Gasteiger charge is 2.27. The third-order valence-electron chi connectivity index (χ3n) is 3.65. The molecule has 1 heterocycles. The number of methoxy groups -OCH3 is 1. The standard InChI is InChI=1S/C17H16N2O5/c1-23-11-3-2-4-12(9-11)24-13-5-6-14-10(7-13)8-15(16(20)18-14)19-17(21)22/h2-7,9,15,19H,8H2,1H3,(H,18,20)(H,21,22)/t15-/m1/s1. The number of anilines is 1. The van der Waals surface area contributed by atoms with Gasteiger partial charge in [-0.1, -0.05) is 6.07 Å². The Balaban J connectivity index is 1.80. The monoisotopic (exact) mass is 328 g/mol. The van der Waals surface area contributed by atoms with E-state index in [9.17, 15) is 9.59 Å². The van der Waals surface area contributed by atoms with Gasteiger partial charge < -0.3 is 25.2 Å². The summed E-state index contributed by atoms with van der Waals surface area (Å²) in [5, 5.41) is 13.7. The van der Waals surface area contributed by atoms with Crippen LogP contribution in [-0.2, 0) is 11.2 Å². The van der Waals surface area contributed by atoms with Crippen molar-refractivity contribution >= 4 is 17.7 Å². The highest BCUT2D eigenvalue weighted by Crippen LogP contribution is 2.30. The van der Waals surface area contributed by atoms with E-state index in [4.69, 9.17) is 14.6 Å². The molecule has 0 aromatic heterocycles. The zero-order valence-electron chi connectivity index (χ0n) is 12.9. The topological polar surface area (TPSA) is 96.9 Å². The van der Waals surface area contributed by atoms with Crippen molar-refractivity contribution in [1.29, 1.82) is 0 Å². The first-order valence-electron chi connectivity index (χ1n) is 7.30. The second-order valence-corrected chi connectivity index (χ2v) is 5.30. The number of carboxylic acid groups (broad SMARTS) is 1. The second kappa shape index (κ2) is 6.49. The van der Waals surface area contributed by atoms with Crippen LogP contribution < -0.4 is 20.1 Å². The van der Waals surface area contributed by atoms with Gasteiger partial charge in [0.1, 0.15) is 23.3 Å². The first kappa shape index (κ1) is 15.7. The van der Waals surface area contributed by atoms with E-state index in [-0.39, 0.29) is 12.3 Å². The molecule has 2 aromatic carbocycles. The number of carbonyl (C=O) groups excluding carboxylic acids is 1. The molecule has 7 nitrogen and oxygen atoms in total. The highest BCUT2D eigenvalue weighted by molar-refractivity contribution is 5.99. The van der Waals surface area contributed by atoms with Gasteiger partial charge in [-0.05, 0) is 35.9 Å². The number of rotatable bonds is 4. The molecule has 0 radical (unpaired) electrons. The molecular formula is C17H16N2O5. The number of hydrogen-bond donors (Lipinski definition) is 3. The molecule has 2 aromatic rings. The fourth-order valence-electron chi connectivity index (χ4n) is 2.52. The molecule has 0 aliphatic carbocycles. The van der Waals surface area contributed by atoms with Crippen molar-refractivity contribution in [2.75, 3.05) is 12.4 Å². The normalized spacial score (nSPS) is 15.9. The summed E-state index contributed by atoms with van der Waals surface area (Å²) in [4.78, 5) is 22.6. The van der Waals surface area contributed by atoms with Gasteiger partial charge in [-0.15, -0.1) is 0 Å². The number of hydrogen-bond acceptors (Lipinski definition) is 4. The van der Waals surface area contributed by atoms with Crippen LogP contribution in [0.4, 0.5) is 10.5 Å². The van der Waals surface area contributed by atoms with E-state index in [1.54, 1.807) is 37.4 Å². The van der Waals surface area contributed by atoms with Crippen LogP contribution in [0.25, 0.3) is 0 Å². The van der Waals surface area contributed by atoms with Crippen molar-refractivity contribution in [3.63, 3.8) is 0 Å². The van der Waals surface area contributed by atoms with Crippen LogP contribution >= 0.6 is 0 Å². The molecule has 1 aliphatic rings. The minimum Gasteiger partial charge on any atom is -0.497 e. The van der Waals surface area contributed by atoms with Crippen LogP contribution in [-0.4, -0.2) is 30.3 Å². The van der Waals surface area contributed by atoms with Crippen molar-refractivity contribution < 1.29 is 24.2 Å². The molecular weight excluding hydrogens is 312 g/mol. The molecule has 0 saturated heterocycles. The third kappa shape index (κ3) is 3.40. The molecule has 0 fully saturated rings. The smallest absolute Gasteiger partial charge is 0.405 e. The van der Waals surface area contributed by atoms with E-state index in [0.29, 0.717) is 22.9 Å². The van der Waals surface area contributed by atoms with Gasteiger partial charge >= 0.3 is 6.09 Å². The van der Waals surface area contributed by atoms with Gasteiger partial charge in [0.15, 0.2) is 0 Å². The number of benzene rings is 2. The maximum absolute atomic E-state index is 11.9. The van der Waals surface area contributed by atoms with Crippen LogP contribution in [0.1, 0.15) is 5.56 Å². The summed E-state index contributed by atoms with van der Waals surface area (Å²) < 4.78 is 11.0. The minimum absolute atomic E-state index is 0.267. The number of fused-ring (bicyclic) bond motifs is 1. The lowest BCUT2D eigenvalue weighted by Gasteiger charge is -2.24. The predicted molar refractivity (Wildman–Crippen MR) is 86.8 cm³/mol. The average molecular weight is 328 g/mol. The summed E-state index contributed by atoms with van der Waals surface area (Å²) in [6.45, 7) is 0.